The number of carbonyl (C=O) groups is 1. The summed E-state index contributed by atoms with van der Waals surface area (Å²) in [5.41, 5.74) is 0.369. The monoisotopic (exact) mass is 412 g/mol. The molecule has 3 heterocycles. The summed E-state index contributed by atoms with van der Waals surface area (Å²) in [4.78, 5) is 34.2. The van der Waals surface area contributed by atoms with Gasteiger partial charge in [0.1, 0.15) is 5.56 Å². The highest BCUT2D eigenvalue weighted by atomic mass is 32.1. The minimum atomic E-state index is -1.37. The van der Waals surface area contributed by atoms with Crippen LogP contribution in [0.15, 0.2) is 52.9 Å². The Balaban J connectivity index is 1.72. The number of nitrogens with zero attached hydrogens (tertiary/aromatic N) is 4. The van der Waals surface area contributed by atoms with Gasteiger partial charge in [-0.05, 0) is 23.6 Å². The van der Waals surface area contributed by atoms with E-state index in [1.165, 1.54) is 27.6 Å². The number of aromatic carboxylic acids is 1. The van der Waals surface area contributed by atoms with Crippen LogP contribution in [0, 0.1) is 10.1 Å². The number of hydrogen-bond acceptors (Lipinski definition) is 7. The van der Waals surface area contributed by atoms with Gasteiger partial charge in [0.15, 0.2) is 5.75 Å². The summed E-state index contributed by atoms with van der Waals surface area (Å²) in [6.07, 6.45) is 3.17. The van der Waals surface area contributed by atoms with Gasteiger partial charge in [0.05, 0.1) is 33.6 Å². The Morgan fingerprint density at radius 2 is 1.97 bits per heavy atom. The van der Waals surface area contributed by atoms with Gasteiger partial charge in [-0.15, -0.1) is 11.3 Å². The molecular formula is C18H12N4O6S. The summed E-state index contributed by atoms with van der Waals surface area (Å²) in [5.74, 6) is -2.18. The summed E-state index contributed by atoms with van der Waals surface area (Å²) >= 11 is 1.12. The number of nitro benzene ring substituents is 1. The number of rotatable bonds is 5. The molecule has 0 saturated heterocycles. The highest BCUT2D eigenvalue weighted by molar-refractivity contribution is 7.17. The molecule has 0 aliphatic heterocycles. The molecule has 0 spiro atoms. The molecule has 11 heteroatoms. The highest BCUT2D eigenvalue weighted by Crippen LogP contribution is 2.29. The van der Waals surface area contributed by atoms with Gasteiger partial charge in [0.2, 0.25) is 0 Å². The average molecular weight is 412 g/mol. The van der Waals surface area contributed by atoms with E-state index >= 15 is 0 Å². The SMILES string of the molecule is O=C(O)c1c(O)c(=O)n(Cc2cnn(-c3ccc([N+](=O)[O-])cc3)c2)c2ccsc12. The summed E-state index contributed by atoms with van der Waals surface area (Å²) < 4.78 is 3.09. The molecule has 10 nitrogen and oxygen atoms in total. The maximum atomic E-state index is 12.6. The number of benzene rings is 1. The maximum Gasteiger partial charge on any atom is 0.341 e. The van der Waals surface area contributed by atoms with Crippen molar-refractivity contribution in [3.05, 3.63) is 79.7 Å². The molecule has 0 amide bonds. The molecule has 0 saturated carbocycles. The van der Waals surface area contributed by atoms with Crippen LogP contribution in [-0.2, 0) is 6.54 Å². The van der Waals surface area contributed by atoms with Crippen molar-refractivity contribution in [2.24, 2.45) is 0 Å². The second kappa shape index (κ2) is 6.87. The Hall–Kier alpha value is -3.99. The fourth-order valence-corrected chi connectivity index (χ4v) is 3.94. The van der Waals surface area contributed by atoms with Crippen LogP contribution in [-0.4, -0.2) is 35.5 Å². The minimum absolute atomic E-state index is 0.0403. The first-order valence-electron chi connectivity index (χ1n) is 8.21. The third-order valence-electron chi connectivity index (χ3n) is 4.36. The zero-order valence-electron chi connectivity index (χ0n) is 14.6. The lowest BCUT2D eigenvalue weighted by Gasteiger charge is -2.09. The number of fused-ring (bicyclic) bond motifs is 1. The normalized spacial score (nSPS) is 11.0. The molecule has 4 rings (SSSR count). The van der Waals surface area contributed by atoms with E-state index < -0.39 is 27.8 Å². The van der Waals surface area contributed by atoms with Crippen LogP contribution in [0.4, 0.5) is 5.69 Å². The molecule has 0 aliphatic rings. The van der Waals surface area contributed by atoms with Gasteiger partial charge in [-0.3, -0.25) is 19.5 Å². The van der Waals surface area contributed by atoms with E-state index in [0.29, 0.717) is 21.5 Å². The molecule has 0 unspecified atom stereocenters. The van der Waals surface area contributed by atoms with Crippen molar-refractivity contribution >= 4 is 33.2 Å². The zero-order valence-corrected chi connectivity index (χ0v) is 15.4. The Bertz CT molecular complexity index is 1320. The van der Waals surface area contributed by atoms with Gasteiger partial charge >= 0.3 is 5.97 Å². The lowest BCUT2D eigenvalue weighted by Crippen LogP contribution is -2.22. The van der Waals surface area contributed by atoms with Crippen LogP contribution in [0.3, 0.4) is 0 Å². The van der Waals surface area contributed by atoms with E-state index in [9.17, 15) is 29.9 Å². The van der Waals surface area contributed by atoms with Crippen LogP contribution in [0.25, 0.3) is 15.9 Å². The lowest BCUT2D eigenvalue weighted by molar-refractivity contribution is -0.384. The van der Waals surface area contributed by atoms with Crippen LogP contribution >= 0.6 is 11.3 Å². The fourth-order valence-electron chi connectivity index (χ4n) is 3.00. The van der Waals surface area contributed by atoms with E-state index in [4.69, 9.17) is 0 Å². The standard InChI is InChI=1S/C18H12N4O6S/c23-15-14(18(25)26)16-13(5-6-29-16)20(17(15)24)8-10-7-19-21(9-10)11-1-3-12(4-2-11)22(27)28/h1-7,9,23H,8H2,(H,25,26). The van der Waals surface area contributed by atoms with Crippen LogP contribution in [0.5, 0.6) is 5.75 Å². The van der Waals surface area contributed by atoms with Gasteiger partial charge in [-0.1, -0.05) is 0 Å². The second-order valence-electron chi connectivity index (χ2n) is 6.12. The average Bonchev–Trinajstić information content (AvgIpc) is 3.35. The molecule has 0 aliphatic carbocycles. The number of hydrogen-bond donors (Lipinski definition) is 2. The topological polar surface area (TPSA) is 140 Å². The number of nitro groups is 1. The molecule has 4 aromatic rings. The largest absolute Gasteiger partial charge is 0.502 e. The third-order valence-corrected chi connectivity index (χ3v) is 5.28. The van der Waals surface area contributed by atoms with Crippen LogP contribution in [0.1, 0.15) is 15.9 Å². The van der Waals surface area contributed by atoms with Crippen molar-refractivity contribution in [3.8, 4) is 11.4 Å². The third kappa shape index (κ3) is 3.12. The fraction of sp³-hybridized carbons (Fsp3) is 0.0556. The molecule has 3 aromatic heterocycles. The van der Waals surface area contributed by atoms with Gasteiger partial charge in [0.25, 0.3) is 11.2 Å². The lowest BCUT2D eigenvalue weighted by atomic mass is 10.2. The number of carboxylic acids is 1. The summed E-state index contributed by atoms with van der Waals surface area (Å²) in [7, 11) is 0. The van der Waals surface area contributed by atoms with Crippen molar-refractivity contribution in [1.82, 2.24) is 14.3 Å². The highest BCUT2D eigenvalue weighted by Gasteiger charge is 2.22. The number of aromatic hydroxyl groups is 1. The molecule has 146 valence electrons. The quantitative estimate of drug-likeness (QED) is 0.379. The van der Waals surface area contributed by atoms with Gasteiger partial charge in [-0.2, -0.15) is 5.10 Å². The zero-order chi connectivity index (χ0) is 20.7. The summed E-state index contributed by atoms with van der Waals surface area (Å²) in [6, 6.07) is 7.43. The van der Waals surface area contributed by atoms with E-state index in [-0.39, 0.29) is 12.2 Å². The van der Waals surface area contributed by atoms with Crippen molar-refractivity contribution < 1.29 is 19.9 Å². The van der Waals surface area contributed by atoms with Crippen molar-refractivity contribution in [1.29, 1.82) is 0 Å². The van der Waals surface area contributed by atoms with E-state index in [1.807, 2.05) is 0 Å². The van der Waals surface area contributed by atoms with Crippen molar-refractivity contribution in [3.63, 3.8) is 0 Å². The van der Waals surface area contributed by atoms with E-state index in [1.54, 1.807) is 29.8 Å². The molecule has 0 atom stereocenters. The first-order valence-corrected chi connectivity index (χ1v) is 9.09. The molecule has 1 aromatic carbocycles. The number of aromatic nitrogens is 3. The summed E-state index contributed by atoms with van der Waals surface area (Å²) in [5, 5.41) is 36.0. The number of carboxylic acid groups (broad SMARTS) is 1. The van der Waals surface area contributed by atoms with E-state index in [2.05, 4.69) is 5.10 Å². The minimum Gasteiger partial charge on any atom is -0.502 e. The van der Waals surface area contributed by atoms with Gasteiger partial charge in [-0.25, -0.2) is 9.48 Å². The molecule has 2 N–H and O–H groups in total. The van der Waals surface area contributed by atoms with Crippen LogP contribution in [0.2, 0.25) is 0 Å². The van der Waals surface area contributed by atoms with Crippen LogP contribution < -0.4 is 5.56 Å². The molecule has 29 heavy (non-hydrogen) atoms. The first kappa shape index (κ1) is 18.4. The van der Waals surface area contributed by atoms with Gasteiger partial charge in [0, 0.05) is 23.9 Å². The molecular weight excluding hydrogens is 400 g/mol. The Kier molecular flexibility index (Phi) is 4.35. The van der Waals surface area contributed by atoms with E-state index in [0.717, 1.165) is 11.3 Å². The smallest absolute Gasteiger partial charge is 0.341 e. The Morgan fingerprint density at radius 1 is 1.24 bits per heavy atom. The Labute approximate surface area is 165 Å². The summed E-state index contributed by atoms with van der Waals surface area (Å²) in [6.45, 7) is 0.0620. The maximum absolute atomic E-state index is 12.6. The predicted molar refractivity (Wildman–Crippen MR) is 104 cm³/mol. The van der Waals surface area contributed by atoms with Crippen molar-refractivity contribution in [2.45, 2.75) is 6.54 Å². The second-order valence-corrected chi connectivity index (χ2v) is 7.04. The molecule has 0 fully saturated rings. The Morgan fingerprint density at radius 3 is 2.62 bits per heavy atom. The number of pyridine rings is 1. The first-order chi connectivity index (χ1) is 13.9. The van der Waals surface area contributed by atoms with Gasteiger partial charge < -0.3 is 10.2 Å². The molecule has 0 bridgehead atoms. The number of non-ortho nitro benzene ring substituents is 1. The number of thiophene rings is 1. The van der Waals surface area contributed by atoms with Crippen molar-refractivity contribution in [2.75, 3.05) is 0 Å². The predicted octanol–water partition coefficient (Wildman–Crippen LogP) is 2.61. The molecule has 0 radical (unpaired) electrons.